The van der Waals surface area contributed by atoms with Gasteiger partial charge in [0.2, 0.25) is 5.76 Å². The van der Waals surface area contributed by atoms with Crippen LogP contribution < -0.4 is 9.64 Å². The van der Waals surface area contributed by atoms with Crippen LogP contribution in [0.1, 0.15) is 28.8 Å². The highest BCUT2D eigenvalue weighted by molar-refractivity contribution is 5.97. The molecule has 0 atom stereocenters. The molecule has 0 unspecified atom stereocenters. The summed E-state index contributed by atoms with van der Waals surface area (Å²) in [6, 6.07) is 8.66. The molecule has 0 saturated carbocycles. The van der Waals surface area contributed by atoms with Gasteiger partial charge in [0.25, 0.3) is 5.91 Å². The molecule has 22 heavy (non-hydrogen) atoms. The van der Waals surface area contributed by atoms with E-state index >= 15 is 0 Å². The van der Waals surface area contributed by atoms with E-state index in [0.29, 0.717) is 17.2 Å². The molecule has 0 fully saturated rings. The highest BCUT2D eigenvalue weighted by Crippen LogP contribution is 2.34. The standard InChI is InChI=1S/C16H15NO5/c1-2-10-3-5-13-12(7-10)17(15(18)9-21-13)8-11-4-6-14(22-11)16(19)20/h3-7H,2,8-9H2,1H3,(H,19,20). The smallest absolute Gasteiger partial charge is 0.371 e. The minimum absolute atomic E-state index is 0.0367. The van der Waals surface area contributed by atoms with Crippen LogP contribution in [0.25, 0.3) is 0 Å². The Hall–Kier alpha value is -2.76. The number of benzene rings is 1. The molecule has 0 saturated heterocycles. The van der Waals surface area contributed by atoms with Gasteiger partial charge in [-0.25, -0.2) is 4.79 Å². The Bertz CT molecular complexity index is 734. The number of anilines is 1. The van der Waals surface area contributed by atoms with Gasteiger partial charge < -0.3 is 14.3 Å². The summed E-state index contributed by atoms with van der Waals surface area (Å²) < 4.78 is 10.7. The summed E-state index contributed by atoms with van der Waals surface area (Å²) in [5.41, 5.74) is 1.77. The highest BCUT2D eigenvalue weighted by atomic mass is 16.5. The minimum atomic E-state index is -1.13. The first-order valence-corrected chi connectivity index (χ1v) is 6.96. The van der Waals surface area contributed by atoms with Crippen molar-refractivity contribution in [1.29, 1.82) is 0 Å². The van der Waals surface area contributed by atoms with Gasteiger partial charge in [-0.3, -0.25) is 9.69 Å². The maximum atomic E-state index is 12.1. The van der Waals surface area contributed by atoms with Gasteiger partial charge in [-0.1, -0.05) is 13.0 Å². The second-order valence-electron chi connectivity index (χ2n) is 5.00. The second-order valence-corrected chi connectivity index (χ2v) is 5.00. The van der Waals surface area contributed by atoms with E-state index in [1.807, 2.05) is 25.1 Å². The number of carboxylic acid groups (broad SMARTS) is 1. The third kappa shape index (κ3) is 2.55. The Morgan fingerprint density at radius 2 is 2.14 bits per heavy atom. The number of carbonyl (C=O) groups is 2. The van der Waals surface area contributed by atoms with Gasteiger partial charge in [0.15, 0.2) is 6.61 Å². The Labute approximate surface area is 126 Å². The van der Waals surface area contributed by atoms with Crippen molar-refractivity contribution in [2.45, 2.75) is 19.9 Å². The van der Waals surface area contributed by atoms with Gasteiger partial charge in [-0.2, -0.15) is 0 Å². The minimum Gasteiger partial charge on any atom is -0.482 e. The fourth-order valence-corrected chi connectivity index (χ4v) is 2.37. The predicted octanol–water partition coefficient (Wildman–Crippen LogP) is 2.47. The third-order valence-corrected chi connectivity index (χ3v) is 3.56. The first kappa shape index (κ1) is 14.2. The van der Waals surface area contributed by atoms with Gasteiger partial charge in [0.1, 0.15) is 11.5 Å². The molecule has 1 N–H and O–H groups in total. The van der Waals surface area contributed by atoms with Crippen molar-refractivity contribution in [3.63, 3.8) is 0 Å². The molecule has 2 aromatic rings. The van der Waals surface area contributed by atoms with E-state index in [0.717, 1.165) is 12.0 Å². The van der Waals surface area contributed by atoms with E-state index in [-0.39, 0.29) is 24.8 Å². The van der Waals surface area contributed by atoms with Crippen molar-refractivity contribution in [3.05, 3.63) is 47.4 Å². The van der Waals surface area contributed by atoms with Crippen LogP contribution in [0.3, 0.4) is 0 Å². The number of rotatable bonds is 4. The molecule has 0 bridgehead atoms. The van der Waals surface area contributed by atoms with E-state index in [1.165, 1.54) is 6.07 Å². The topological polar surface area (TPSA) is 80.0 Å². The Kier molecular flexibility index (Phi) is 3.58. The summed E-state index contributed by atoms with van der Waals surface area (Å²) >= 11 is 0. The summed E-state index contributed by atoms with van der Waals surface area (Å²) in [5.74, 6) is -0.400. The summed E-state index contributed by atoms with van der Waals surface area (Å²) in [5, 5.41) is 8.89. The van der Waals surface area contributed by atoms with Crippen molar-refractivity contribution in [1.82, 2.24) is 0 Å². The number of nitrogens with zero attached hydrogens (tertiary/aromatic N) is 1. The first-order chi connectivity index (χ1) is 10.6. The fourth-order valence-electron chi connectivity index (χ4n) is 2.37. The van der Waals surface area contributed by atoms with Crippen LogP contribution in [0.2, 0.25) is 0 Å². The SMILES string of the molecule is CCc1ccc2c(c1)N(Cc1ccc(C(=O)O)o1)C(=O)CO2. The van der Waals surface area contributed by atoms with E-state index in [2.05, 4.69) is 0 Å². The molecular weight excluding hydrogens is 286 g/mol. The van der Waals surface area contributed by atoms with Crippen LogP contribution in [-0.2, 0) is 17.8 Å². The van der Waals surface area contributed by atoms with Gasteiger partial charge in [-0.05, 0) is 36.2 Å². The Morgan fingerprint density at radius 3 is 2.82 bits per heavy atom. The maximum Gasteiger partial charge on any atom is 0.371 e. The lowest BCUT2D eigenvalue weighted by atomic mass is 10.1. The first-order valence-electron chi connectivity index (χ1n) is 6.96. The number of carboxylic acids is 1. The lowest BCUT2D eigenvalue weighted by Crippen LogP contribution is -2.38. The monoisotopic (exact) mass is 301 g/mol. The van der Waals surface area contributed by atoms with Crippen molar-refractivity contribution >= 4 is 17.6 Å². The lowest BCUT2D eigenvalue weighted by Gasteiger charge is -2.29. The quantitative estimate of drug-likeness (QED) is 0.938. The van der Waals surface area contributed by atoms with Crippen LogP contribution >= 0.6 is 0 Å². The molecule has 1 aromatic carbocycles. The lowest BCUT2D eigenvalue weighted by molar-refractivity contribution is -0.121. The van der Waals surface area contributed by atoms with Crippen LogP contribution in [-0.4, -0.2) is 23.6 Å². The zero-order chi connectivity index (χ0) is 15.7. The number of amides is 1. The van der Waals surface area contributed by atoms with Crippen LogP contribution in [0, 0.1) is 0 Å². The molecule has 3 rings (SSSR count). The molecular formula is C16H15NO5. The zero-order valence-electron chi connectivity index (χ0n) is 12.0. The number of fused-ring (bicyclic) bond motifs is 1. The van der Waals surface area contributed by atoms with E-state index in [9.17, 15) is 9.59 Å². The molecule has 0 spiro atoms. The maximum absolute atomic E-state index is 12.1. The van der Waals surface area contributed by atoms with Crippen molar-refractivity contribution in [2.75, 3.05) is 11.5 Å². The molecule has 2 heterocycles. The molecule has 0 radical (unpaired) electrons. The normalized spacial score (nSPS) is 13.7. The third-order valence-electron chi connectivity index (χ3n) is 3.56. The number of hydrogen-bond donors (Lipinski definition) is 1. The summed E-state index contributed by atoms with van der Waals surface area (Å²) in [6.07, 6.45) is 0.846. The number of furan rings is 1. The van der Waals surface area contributed by atoms with Crippen LogP contribution in [0.4, 0.5) is 5.69 Å². The van der Waals surface area contributed by atoms with E-state index in [1.54, 1.807) is 11.0 Å². The molecule has 1 amide bonds. The Balaban J connectivity index is 1.92. The van der Waals surface area contributed by atoms with Crippen molar-refractivity contribution < 1.29 is 23.8 Å². The summed E-state index contributed by atoms with van der Waals surface area (Å²) in [7, 11) is 0. The van der Waals surface area contributed by atoms with Crippen LogP contribution in [0.5, 0.6) is 5.75 Å². The Morgan fingerprint density at radius 1 is 1.32 bits per heavy atom. The average Bonchev–Trinajstić information content (AvgIpc) is 2.98. The molecule has 1 aromatic heterocycles. The van der Waals surface area contributed by atoms with Gasteiger partial charge in [0, 0.05) is 0 Å². The predicted molar refractivity (Wildman–Crippen MR) is 78.2 cm³/mol. The molecule has 0 aliphatic carbocycles. The van der Waals surface area contributed by atoms with Gasteiger partial charge >= 0.3 is 5.97 Å². The van der Waals surface area contributed by atoms with Gasteiger partial charge in [0.05, 0.1) is 12.2 Å². The largest absolute Gasteiger partial charge is 0.482 e. The molecule has 114 valence electrons. The fraction of sp³-hybridized carbons (Fsp3) is 0.250. The number of aryl methyl sites for hydroxylation is 1. The van der Waals surface area contributed by atoms with E-state index < -0.39 is 5.97 Å². The number of aromatic carboxylic acids is 1. The number of carbonyl (C=O) groups excluding carboxylic acids is 1. The molecule has 1 aliphatic rings. The summed E-state index contributed by atoms with van der Waals surface area (Å²) in [6.45, 7) is 2.17. The van der Waals surface area contributed by atoms with Crippen molar-refractivity contribution in [2.24, 2.45) is 0 Å². The van der Waals surface area contributed by atoms with Gasteiger partial charge in [-0.15, -0.1) is 0 Å². The highest BCUT2D eigenvalue weighted by Gasteiger charge is 2.27. The van der Waals surface area contributed by atoms with E-state index in [4.69, 9.17) is 14.3 Å². The second kappa shape index (κ2) is 5.55. The molecule has 6 nitrogen and oxygen atoms in total. The van der Waals surface area contributed by atoms with Crippen LogP contribution in [0.15, 0.2) is 34.7 Å². The zero-order valence-corrected chi connectivity index (χ0v) is 12.0. The summed E-state index contributed by atoms with van der Waals surface area (Å²) in [4.78, 5) is 24.6. The number of hydrogen-bond acceptors (Lipinski definition) is 4. The average molecular weight is 301 g/mol. The number of ether oxygens (including phenoxy) is 1. The molecule has 6 heteroatoms. The van der Waals surface area contributed by atoms with Crippen molar-refractivity contribution in [3.8, 4) is 5.75 Å². The molecule has 1 aliphatic heterocycles.